The number of carbonyl (C=O) groups is 1. The first-order chi connectivity index (χ1) is 10.8. The average Bonchev–Trinajstić information content (AvgIpc) is 3.09. The molecule has 1 N–H and O–H groups in total. The zero-order valence-electron chi connectivity index (χ0n) is 12.9. The second-order valence-electron chi connectivity index (χ2n) is 6.09. The second kappa shape index (κ2) is 7.25. The number of hydrogen-bond acceptors (Lipinski definition) is 2. The molecule has 1 aliphatic rings. The van der Waals surface area contributed by atoms with Crippen LogP contribution >= 0.6 is 0 Å². The van der Waals surface area contributed by atoms with Gasteiger partial charge in [0.25, 0.3) is 0 Å². The van der Waals surface area contributed by atoms with Crippen molar-refractivity contribution in [1.82, 2.24) is 9.78 Å². The molecule has 0 atom stereocenters. The van der Waals surface area contributed by atoms with Gasteiger partial charge in [0.05, 0.1) is 5.69 Å². The monoisotopic (exact) mass is 297 g/mol. The van der Waals surface area contributed by atoms with Crippen LogP contribution in [0.5, 0.6) is 0 Å². The first kappa shape index (κ1) is 14.8. The summed E-state index contributed by atoms with van der Waals surface area (Å²) in [6.07, 6.45) is 11.9. The van der Waals surface area contributed by atoms with Crippen molar-refractivity contribution in [2.45, 2.75) is 44.9 Å². The normalized spacial score (nSPS) is 15.6. The van der Waals surface area contributed by atoms with E-state index in [1.54, 1.807) is 10.9 Å². The third-order valence-electron chi connectivity index (χ3n) is 4.42. The number of carbonyl (C=O) groups excluding carboxylic acids is 1. The van der Waals surface area contributed by atoms with Crippen molar-refractivity contribution in [3.63, 3.8) is 0 Å². The Morgan fingerprint density at radius 3 is 2.64 bits per heavy atom. The summed E-state index contributed by atoms with van der Waals surface area (Å²) in [5.74, 6) is 0.874. The minimum Gasteiger partial charge on any atom is -0.326 e. The van der Waals surface area contributed by atoms with E-state index >= 15 is 0 Å². The Bertz CT molecular complexity index is 583. The number of rotatable bonds is 5. The highest BCUT2D eigenvalue weighted by Gasteiger charge is 2.14. The molecule has 3 rings (SSSR count). The molecule has 22 heavy (non-hydrogen) atoms. The topological polar surface area (TPSA) is 46.9 Å². The van der Waals surface area contributed by atoms with Crippen LogP contribution < -0.4 is 5.32 Å². The van der Waals surface area contributed by atoms with Gasteiger partial charge in [0.15, 0.2) is 0 Å². The molecule has 1 heterocycles. The predicted octanol–water partition coefficient (Wildman–Crippen LogP) is 4.17. The van der Waals surface area contributed by atoms with Gasteiger partial charge in [0, 0.05) is 24.5 Å². The summed E-state index contributed by atoms with van der Waals surface area (Å²) >= 11 is 0. The molecule has 1 saturated carbocycles. The average molecular weight is 297 g/mol. The number of nitrogens with zero attached hydrogens (tertiary/aromatic N) is 2. The van der Waals surface area contributed by atoms with E-state index in [0.717, 1.165) is 23.7 Å². The van der Waals surface area contributed by atoms with Gasteiger partial charge in [-0.15, -0.1) is 0 Å². The van der Waals surface area contributed by atoms with Crippen molar-refractivity contribution in [3.8, 4) is 5.69 Å². The van der Waals surface area contributed by atoms with E-state index in [2.05, 4.69) is 10.4 Å². The minimum absolute atomic E-state index is 0.123. The van der Waals surface area contributed by atoms with Gasteiger partial charge < -0.3 is 5.32 Å². The molecule has 0 unspecified atom stereocenters. The highest BCUT2D eigenvalue weighted by atomic mass is 16.1. The number of hydrogen-bond donors (Lipinski definition) is 1. The summed E-state index contributed by atoms with van der Waals surface area (Å²) in [6.45, 7) is 0. The highest BCUT2D eigenvalue weighted by molar-refractivity contribution is 5.90. The Hall–Kier alpha value is -2.10. The van der Waals surface area contributed by atoms with Crippen LogP contribution in [-0.2, 0) is 4.79 Å². The quantitative estimate of drug-likeness (QED) is 0.900. The maximum Gasteiger partial charge on any atom is 0.224 e. The van der Waals surface area contributed by atoms with Crippen LogP contribution in [0.2, 0.25) is 0 Å². The van der Waals surface area contributed by atoms with E-state index < -0.39 is 0 Å². The molecule has 0 radical (unpaired) electrons. The second-order valence-corrected chi connectivity index (χ2v) is 6.09. The van der Waals surface area contributed by atoms with Crippen LogP contribution in [-0.4, -0.2) is 15.7 Å². The lowest BCUT2D eigenvalue weighted by atomic mass is 9.86. The van der Waals surface area contributed by atoms with Crippen LogP contribution in [0.15, 0.2) is 42.7 Å². The van der Waals surface area contributed by atoms with Gasteiger partial charge in [0.1, 0.15) is 0 Å². The maximum absolute atomic E-state index is 12.0. The summed E-state index contributed by atoms with van der Waals surface area (Å²) in [6, 6.07) is 9.67. The van der Waals surface area contributed by atoms with Gasteiger partial charge in [-0.3, -0.25) is 4.79 Å². The number of benzene rings is 1. The van der Waals surface area contributed by atoms with E-state index in [4.69, 9.17) is 0 Å². The molecular formula is C18H23N3O. The maximum atomic E-state index is 12.0. The van der Waals surface area contributed by atoms with E-state index in [1.165, 1.54) is 32.1 Å². The highest BCUT2D eigenvalue weighted by Crippen LogP contribution is 2.27. The van der Waals surface area contributed by atoms with E-state index in [0.29, 0.717) is 6.42 Å². The molecule has 0 bridgehead atoms. The molecule has 4 heteroatoms. The lowest BCUT2D eigenvalue weighted by molar-refractivity contribution is -0.116. The molecule has 1 aliphatic carbocycles. The fourth-order valence-electron chi connectivity index (χ4n) is 3.15. The summed E-state index contributed by atoms with van der Waals surface area (Å²) in [5.41, 5.74) is 1.84. The zero-order valence-corrected chi connectivity index (χ0v) is 12.9. The van der Waals surface area contributed by atoms with Gasteiger partial charge in [-0.05, 0) is 42.7 Å². The van der Waals surface area contributed by atoms with Gasteiger partial charge in [-0.2, -0.15) is 5.10 Å². The third-order valence-corrected chi connectivity index (χ3v) is 4.42. The van der Waals surface area contributed by atoms with Crippen molar-refractivity contribution in [1.29, 1.82) is 0 Å². The largest absolute Gasteiger partial charge is 0.326 e. The van der Waals surface area contributed by atoms with Gasteiger partial charge in [-0.25, -0.2) is 4.68 Å². The standard InChI is InChI=1S/C18H23N3O/c22-18(12-7-15-5-2-1-3-6-15)20-16-8-10-17(11-9-16)21-14-4-13-19-21/h4,8-11,13-15H,1-3,5-7,12H2,(H,20,22). The van der Waals surface area contributed by atoms with Crippen molar-refractivity contribution < 1.29 is 4.79 Å². The fourth-order valence-corrected chi connectivity index (χ4v) is 3.15. The van der Waals surface area contributed by atoms with Crippen molar-refractivity contribution in [3.05, 3.63) is 42.7 Å². The molecule has 4 nitrogen and oxygen atoms in total. The predicted molar refractivity (Wildman–Crippen MR) is 88.0 cm³/mol. The summed E-state index contributed by atoms with van der Waals surface area (Å²) < 4.78 is 1.80. The SMILES string of the molecule is O=C(CCC1CCCCC1)Nc1ccc(-n2cccn2)cc1. The Morgan fingerprint density at radius 2 is 1.95 bits per heavy atom. The van der Waals surface area contributed by atoms with Gasteiger partial charge >= 0.3 is 0 Å². The third kappa shape index (κ3) is 3.97. The summed E-state index contributed by atoms with van der Waals surface area (Å²) in [7, 11) is 0. The summed E-state index contributed by atoms with van der Waals surface area (Å²) in [4.78, 5) is 12.0. The Labute approximate surface area is 131 Å². The van der Waals surface area contributed by atoms with E-state index in [-0.39, 0.29) is 5.91 Å². The Morgan fingerprint density at radius 1 is 1.18 bits per heavy atom. The molecule has 0 saturated heterocycles. The minimum atomic E-state index is 0.123. The number of amides is 1. The Balaban J connectivity index is 1.48. The lowest BCUT2D eigenvalue weighted by Crippen LogP contribution is -2.14. The molecule has 0 spiro atoms. The molecular weight excluding hydrogens is 274 g/mol. The van der Waals surface area contributed by atoms with Gasteiger partial charge in [0.2, 0.25) is 5.91 Å². The van der Waals surface area contributed by atoms with Crippen molar-refractivity contribution in [2.24, 2.45) is 5.92 Å². The van der Waals surface area contributed by atoms with E-state index in [9.17, 15) is 4.79 Å². The molecule has 1 aromatic heterocycles. The van der Waals surface area contributed by atoms with Crippen LogP contribution in [0, 0.1) is 5.92 Å². The molecule has 0 aliphatic heterocycles. The van der Waals surface area contributed by atoms with Crippen LogP contribution in [0.3, 0.4) is 0 Å². The fraction of sp³-hybridized carbons (Fsp3) is 0.444. The van der Waals surface area contributed by atoms with Crippen molar-refractivity contribution >= 4 is 11.6 Å². The number of anilines is 1. The molecule has 1 aromatic carbocycles. The molecule has 1 fully saturated rings. The van der Waals surface area contributed by atoms with Gasteiger partial charge in [-0.1, -0.05) is 32.1 Å². The zero-order chi connectivity index (χ0) is 15.2. The van der Waals surface area contributed by atoms with Crippen LogP contribution in [0.1, 0.15) is 44.9 Å². The lowest BCUT2D eigenvalue weighted by Gasteiger charge is -2.21. The van der Waals surface area contributed by atoms with Crippen LogP contribution in [0.25, 0.3) is 5.69 Å². The molecule has 116 valence electrons. The number of nitrogens with one attached hydrogen (secondary N) is 1. The number of aromatic nitrogens is 2. The van der Waals surface area contributed by atoms with Crippen LogP contribution in [0.4, 0.5) is 5.69 Å². The molecule has 1 amide bonds. The van der Waals surface area contributed by atoms with E-state index in [1.807, 2.05) is 36.5 Å². The summed E-state index contributed by atoms with van der Waals surface area (Å²) in [5, 5.41) is 7.17. The molecule has 2 aromatic rings. The first-order valence-electron chi connectivity index (χ1n) is 8.21. The first-order valence-corrected chi connectivity index (χ1v) is 8.21. The van der Waals surface area contributed by atoms with Crippen molar-refractivity contribution in [2.75, 3.05) is 5.32 Å². The Kier molecular flexibility index (Phi) is 4.88. The smallest absolute Gasteiger partial charge is 0.224 e.